The second kappa shape index (κ2) is 11.1. The van der Waals surface area contributed by atoms with E-state index in [0.29, 0.717) is 41.6 Å². The summed E-state index contributed by atoms with van der Waals surface area (Å²) in [4.78, 5) is 25.6. The zero-order chi connectivity index (χ0) is 29.5. The molecular formula is C29H29ClN12O. The van der Waals surface area contributed by atoms with Crippen LogP contribution < -0.4 is 16.2 Å². The summed E-state index contributed by atoms with van der Waals surface area (Å²) >= 11 is 6.01. The average molecular weight is 597 g/mol. The monoisotopic (exact) mass is 596 g/mol. The minimum atomic E-state index is 0.433. The lowest BCUT2D eigenvalue weighted by atomic mass is 10.1. The first-order valence-electron chi connectivity index (χ1n) is 14.0. The molecular weight excluding hydrogens is 568 g/mol. The van der Waals surface area contributed by atoms with E-state index < -0.39 is 0 Å². The van der Waals surface area contributed by atoms with E-state index in [-0.39, 0.29) is 0 Å². The van der Waals surface area contributed by atoms with Crippen molar-refractivity contribution in [2.24, 2.45) is 0 Å². The van der Waals surface area contributed by atoms with Crippen LogP contribution in [-0.4, -0.2) is 56.6 Å². The average Bonchev–Trinajstić information content (AvgIpc) is 3.95. The van der Waals surface area contributed by atoms with Gasteiger partial charge in [-0.2, -0.15) is 10.2 Å². The minimum Gasteiger partial charge on any atom is -0.497 e. The fraction of sp³-hybridized carbons (Fsp3) is 0.310. The number of pyridine rings is 2. The molecule has 6 aromatic rings. The number of anilines is 2. The third kappa shape index (κ3) is 5.50. The van der Waals surface area contributed by atoms with Gasteiger partial charge in [0.1, 0.15) is 30.0 Å². The van der Waals surface area contributed by atoms with Crippen LogP contribution in [-0.2, 0) is 12.8 Å². The van der Waals surface area contributed by atoms with Gasteiger partial charge in [-0.3, -0.25) is 9.97 Å². The molecule has 6 aromatic heterocycles. The number of halogens is 1. The van der Waals surface area contributed by atoms with Crippen LogP contribution >= 0.6 is 11.6 Å². The molecule has 43 heavy (non-hydrogen) atoms. The summed E-state index contributed by atoms with van der Waals surface area (Å²) in [5.74, 6) is 1.71. The maximum atomic E-state index is 6.05. The van der Waals surface area contributed by atoms with Crippen LogP contribution in [0.5, 0.6) is 5.75 Å². The second-order valence-electron chi connectivity index (χ2n) is 10.7. The lowest BCUT2D eigenvalue weighted by molar-refractivity contribution is 0.413. The Morgan fingerprint density at radius 2 is 1.26 bits per heavy atom. The Bertz CT molecular complexity index is 1950. The van der Waals surface area contributed by atoms with Gasteiger partial charge in [-0.1, -0.05) is 11.6 Å². The largest absolute Gasteiger partial charge is 0.497 e. The van der Waals surface area contributed by atoms with Crippen molar-refractivity contribution >= 4 is 45.3 Å². The normalized spacial score (nSPS) is 14.6. The zero-order valence-electron chi connectivity index (χ0n) is 23.4. The number of rotatable bonds is 7. The summed E-state index contributed by atoms with van der Waals surface area (Å²) in [5.41, 5.74) is 17.1. The summed E-state index contributed by atoms with van der Waals surface area (Å²) in [6.07, 6.45) is 12.1. The Morgan fingerprint density at radius 1 is 0.744 bits per heavy atom. The molecule has 2 saturated carbocycles. The molecule has 0 atom stereocenters. The molecule has 0 aliphatic heterocycles. The first-order chi connectivity index (χ1) is 21.0. The molecule has 2 fully saturated rings. The van der Waals surface area contributed by atoms with Crippen LogP contribution in [0.3, 0.4) is 0 Å². The molecule has 0 bridgehead atoms. The Morgan fingerprint density at radius 3 is 1.74 bits per heavy atom. The number of fused-ring (bicyclic) bond motifs is 2. The van der Waals surface area contributed by atoms with Gasteiger partial charge in [0.2, 0.25) is 0 Å². The SMILES string of the molecule is COc1ccnc(Cc2nn(C3CC3)c3ncnc(N)c23)c1.Nc1ncnc2c1c(Cc1cc(Cl)ccn1)nn2C1CC1. The molecule has 13 nitrogen and oxygen atoms in total. The summed E-state index contributed by atoms with van der Waals surface area (Å²) in [5, 5.41) is 11.7. The highest BCUT2D eigenvalue weighted by molar-refractivity contribution is 6.30. The van der Waals surface area contributed by atoms with E-state index in [9.17, 15) is 0 Å². The van der Waals surface area contributed by atoms with Crippen LogP contribution in [0.1, 0.15) is 60.5 Å². The molecule has 2 aliphatic rings. The van der Waals surface area contributed by atoms with Gasteiger partial charge < -0.3 is 16.2 Å². The van der Waals surface area contributed by atoms with Crippen LogP contribution in [0, 0.1) is 0 Å². The molecule has 0 spiro atoms. The summed E-state index contributed by atoms with van der Waals surface area (Å²) in [6.45, 7) is 0. The van der Waals surface area contributed by atoms with Crippen LogP contribution in [0.2, 0.25) is 5.02 Å². The van der Waals surface area contributed by atoms with Crippen molar-refractivity contribution < 1.29 is 4.74 Å². The predicted octanol–water partition coefficient (Wildman–Crippen LogP) is 4.12. The fourth-order valence-corrected chi connectivity index (χ4v) is 5.28. The number of nitrogens with zero attached hydrogens (tertiary/aromatic N) is 10. The van der Waals surface area contributed by atoms with E-state index in [1.54, 1.807) is 25.6 Å². The third-order valence-electron chi connectivity index (χ3n) is 7.47. The van der Waals surface area contributed by atoms with Crippen molar-refractivity contribution in [2.45, 2.75) is 50.6 Å². The predicted molar refractivity (Wildman–Crippen MR) is 162 cm³/mol. The van der Waals surface area contributed by atoms with Gasteiger partial charge in [-0.15, -0.1) is 0 Å². The van der Waals surface area contributed by atoms with Gasteiger partial charge in [-0.05, 0) is 43.9 Å². The Hall–Kier alpha value is -4.91. The Balaban J connectivity index is 0.000000140. The number of methoxy groups -OCH3 is 1. The molecule has 14 heteroatoms. The molecule has 0 radical (unpaired) electrons. The molecule has 0 unspecified atom stereocenters. The summed E-state index contributed by atoms with van der Waals surface area (Å²) in [7, 11) is 1.64. The van der Waals surface area contributed by atoms with Crippen LogP contribution in [0.4, 0.5) is 11.6 Å². The zero-order valence-corrected chi connectivity index (χ0v) is 24.2. The highest BCUT2D eigenvalue weighted by Crippen LogP contribution is 2.39. The first-order valence-corrected chi connectivity index (χ1v) is 14.4. The van der Waals surface area contributed by atoms with Crippen molar-refractivity contribution in [3.8, 4) is 5.75 Å². The number of nitrogens with two attached hydrogens (primary N) is 2. The van der Waals surface area contributed by atoms with Gasteiger partial charge in [-0.25, -0.2) is 29.3 Å². The Kier molecular flexibility index (Phi) is 6.93. The summed E-state index contributed by atoms with van der Waals surface area (Å²) in [6, 6.07) is 8.18. The lowest BCUT2D eigenvalue weighted by Crippen LogP contribution is -1.99. The second-order valence-corrected chi connectivity index (χ2v) is 11.1. The highest BCUT2D eigenvalue weighted by atomic mass is 35.5. The molecule has 4 N–H and O–H groups in total. The smallest absolute Gasteiger partial charge is 0.163 e. The van der Waals surface area contributed by atoms with E-state index in [0.717, 1.165) is 76.3 Å². The third-order valence-corrected chi connectivity index (χ3v) is 7.70. The van der Waals surface area contributed by atoms with Crippen LogP contribution in [0.25, 0.3) is 22.1 Å². The van der Waals surface area contributed by atoms with Crippen LogP contribution in [0.15, 0.2) is 49.3 Å². The minimum absolute atomic E-state index is 0.433. The van der Waals surface area contributed by atoms with Gasteiger partial charge in [0, 0.05) is 42.0 Å². The van der Waals surface area contributed by atoms with E-state index in [4.69, 9.17) is 32.9 Å². The topological polar surface area (TPSA) is 174 Å². The van der Waals surface area contributed by atoms with Gasteiger partial charge in [0.05, 0.1) is 47.0 Å². The molecule has 6 heterocycles. The number of ether oxygens (including phenoxy) is 1. The molecule has 8 rings (SSSR count). The molecule has 2 aliphatic carbocycles. The van der Waals surface area contributed by atoms with E-state index >= 15 is 0 Å². The molecule has 0 aromatic carbocycles. The number of aromatic nitrogens is 10. The summed E-state index contributed by atoms with van der Waals surface area (Å²) < 4.78 is 9.18. The standard InChI is InChI=1S/C15H16N6O.C14H13ClN6/c1-22-11-4-5-17-9(6-11)7-12-13-14(16)18-8-19-15(13)21(20-12)10-2-3-10;15-8-3-4-17-9(5-8)6-11-12-13(16)18-7-19-14(12)21(20-11)10-1-2-10/h4-6,8,10H,2-3,7H2,1H3,(H2,16,18,19);3-5,7,10H,1-2,6H2,(H2,16,18,19). The maximum absolute atomic E-state index is 6.05. The highest BCUT2D eigenvalue weighted by Gasteiger charge is 2.30. The number of hydrogen-bond acceptors (Lipinski definition) is 11. The first kappa shape index (κ1) is 27.0. The van der Waals surface area contributed by atoms with Crippen molar-refractivity contribution in [2.75, 3.05) is 18.6 Å². The van der Waals surface area contributed by atoms with Gasteiger partial charge >= 0.3 is 0 Å². The van der Waals surface area contributed by atoms with E-state index in [1.165, 1.54) is 12.7 Å². The number of nitrogen functional groups attached to an aromatic ring is 2. The molecule has 0 amide bonds. The van der Waals surface area contributed by atoms with Crippen molar-refractivity contribution in [1.29, 1.82) is 0 Å². The van der Waals surface area contributed by atoms with E-state index in [2.05, 4.69) is 35.0 Å². The Labute approximate surface area is 251 Å². The quantitative estimate of drug-likeness (QED) is 0.271. The maximum Gasteiger partial charge on any atom is 0.163 e. The molecule has 218 valence electrons. The van der Waals surface area contributed by atoms with Gasteiger partial charge in [0.25, 0.3) is 0 Å². The fourth-order valence-electron chi connectivity index (χ4n) is 5.10. The lowest BCUT2D eigenvalue weighted by Gasteiger charge is -2.02. The van der Waals surface area contributed by atoms with E-state index in [1.807, 2.05) is 27.6 Å². The van der Waals surface area contributed by atoms with Crippen molar-refractivity contribution in [3.05, 3.63) is 77.1 Å². The number of hydrogen-bond donors (Lipinski definition) is 2. The van der Waals surface area contributed by atoms with Crippen molar-refractivity contribution in [3.63, 3.8) is 0 Å². The van der Waals surface area contributed by atoms with Gasteiger partial charge in [0.15, 0.2) is 11.3 Å². The molecule has 0 saturated heterocycles. The van der Waals surface area contributed by atoms with Crippen molar-refractivity contribution in [1.82, 2.24) is 49.5 Å².